The van der Waals surface area contributed by atoms with Gasteiger partial charge < -0.3 is 0 Å². The van der Waals surface area contributed by atoms with Crippen LogP contribution in [0.2, 0.25) is 0 Å². The highest BCUT2D eigenvalue weighted by Crippen LogP contribution is 2.32. The van der Waals surface area contributed by atoms with Gasteiger partial charge in [-0.2, -0.15) is 0 Å². The molecule has 0 N–H and O–H groups in total. The maximum atomic E-state index is 4.55. The first kappa shape index (κ1) is 10.4. The summed E-state index contributed by atoms with van der Waals surface area (Å²) in [5.74, 6) is 0. The van der Waals surface area contributed by atoms with Crippen LogP contribution in [0.1, 0.15) is 5.56 Å². The maximum Gasteiger partial charge on any atom is 0.0990 e. The number of hydrogen-bond acceptors (Lipinski definition) is 3. The zero-order chi connectivity index (χ0) is 12.8. The van der Waals surface area contributed by atoms with Crippen molar-refractivity contribution in [3.63, 3.8) is 0 Å². The molecule has 0 aliphatic heterocycles. The van der Waals surface area contributed by atoms with Crippen LogP contribution in [0.4, 0.5) is 0 Å². The standard InChI is InChI=1S/C16H11N3/c1-10-6-7-17-14-11-4-2-3-5-12(11)15-16(13(10)14)19-9-8-18-15/h2-9H,1H3. The first-order chi connectivity index (χ1) is 9.36. The van der Waals surface area contributed by atoms with Crippen molar-refractivity contribution in [3.05, 3.63) is 54.5 Å². The number of nitrogens with zero attached hydrogens (tertiary/aromatic N) is 3. The van der Waals surface area contributed by atoms with Gasteiger partial charge in [0.1, 0.15) is 0 Å². The van der Waals surface area contributed by atoms with Gasteiger partial charge in [0.2, 0.25) is 0 Å². The molecule has 2 aromatic carbocycles. The van der Waals surface area contributed by atoms with E-state index in [0.717, 1.165) is 32.7 Å². The molecule has 90 valence electrons. The van der Waals surface area contributed by atoms with E-state index in [1.165, 1.54) is 5.56 Å². The van der Waals surface area contributed by atoms with Crippen LogP contribution >= 0.6 is 0 Å². The number of fused-ring (bicyclic) bond motifs is 6. The molecule has 0 spiro atoms. The van der Waals surface area contributed by atoms with Gasteiger partial charge in [-0.1, -0.05) is 24.3 Å². The highest BCUT2D eigenvalue weighted by molar-refractivity contribution is 6.22. The minimum Gasteiger partial charge on any atom is -0.256 e. The summed E-state index contributed by atoms with van der Waals surface area (Å²) in [4.78, 5) is 13.6. The molecule has 0 saturated heterocycles. The summed E-state index contributed by atoms with van der Waals surface area (Å²) >= 11 is 0. The Morgan fingerprint density at radius 3 is 2.11 bits per heavy atom. The second-order valence-corrected chi connectivity index (χ2v) is 4.65. The molecular weight excluding hydrogens is 234 g/mol. The van der Waals surface area contributed by atoms with Crippen molar-refractivity contribution >= 4 is 32.7 Å². The van der Waals surface area contributed by atoms with E-state index >= 15 is 0 Å². The monoisotopic (exact) mass is 245 g/mol. The third-order valence-corrected chi connectivity index (χ3v) is 3.53. The summed E-state index contributed by atoms with van der Waals surface area (Å²) in [7, 11) is 0. The zero-order valence-electron chi connectivity index (χ0n) is 10.5. The Labute approximate surface area is 110 Å². The lowest BCUT2D eigenvalue weighted by Crippen LogP contribution is -1.91. The number of hydrogen-bond donors (Lipinski definition) is 0. The van der Waals surface area contributed by atoms with E-state index in [1.807, 2.05) is 24.4 Å². The molecule has 0 bridgehead atoms. The Bertz CT molecular complexity index is 884. The van der Waals surface area contributed by atoms with E-state index in [4.69, 9.17) is 0 Å². The minimum atomic E-state index is 0.932. The molecule has 3 heteroatoms. The largest absolute Gasteiger partial charge is 0.256 e. The van der Waals surface area contributed by atoms with Crippen LogP contribution in [0.3, 0.4) is 0 Å². The predicted molar refractivity (Wildman–Crippen MR) is 77.1 cm³/mol. The lowest BCUT2D eigenvalue weighted by atomic mass is 10.0. The molecule has 2 heterocycles. The highest BCUT2D eigenvalue weighted by Gasteiger charge is 2.11. The molecule has 0 aliphatic rings. The second-order valence-electron chi connectivity index (χ2n) is 4.65. The molecule has 0 atom stereocenters. The third-order valence-electron chi connectivity index (χ3n) is 3.53. The molecule has 4 aromatic rings. The Morgan fingerprint density at radius 1 is 0.684 bits per heavy atom. The maximum absolute atomic E-state index is 4.55. The van der Waals surface area contributed by atoms with Crippen molar-refractivity contribution < 1.29 is 0 Å². The van der Waals surface area contributed by atoms with Crippen molar-refractivity contribution in [1.29, 1.82) is 0 Å². The number of rotatable bonds is 0. The molecule has 3 nitrogen and oxygen atoms in total. The first-order valence-corrected chi connectivity index (χ1v) is 6.23. The Kier molecular flexibility index (Phi) is 2.03. The minimum absolute atomic E-state index is 0.932. The van der Waals surface area contributed by atoms with Crippen molar-refractivity contribution in [1.82, 2.24) is 15.0 Å². The predicted octanol–water partition coefficient (Wildman–Crippen LogP) is 3.64. The topological polar surface area (TPSA) is 38.7 Å². The molecule has 2 aromatic heterocycles. The highest BCUT2D eigenvalue weighted by atomic mass is 14.8. The normalized spacial score (nSPS) is 11.4. The fraction of sp³-hybridized carbons (Fsp3) is 0.0625. The zero-order valence-corrected chi connectivity index (χ0v) is 10.5. The Hall–Kier alpha value is -2.55. The van der Waals surface area contributed by atoms with Gasteiger partial charge in [0.15, 0.2) is 0 Å². The van der Waals surface area contributed by atoms with Crippen LogP contribution < -0.4 is 0 Å². The molecule has 0 unspecified atom stereocenters. The fourth-order valence-electron chi connectivity index (χ4n) is 2.68. The number of benzene rings is 2. The lowest BCUT2D eigenvalue weighted by Gasteiger charge is -2.09. The van der Waals surface area contributed by atoms with Crippen molar-refractivity contribution in [2.75, 3.05) is 0 Å². The van der Waals surface area contributed by atoms with Gasteiger partial charge in [-0.05, 0) is 18.6 Å². The molecule has 4 rings (SSSR count). The van der Waals surface area contributed by atoms with Crippen LogP contribution in [-0.2, 0) is 0 Å². The third kappa shape index (κ3) is 1.35. The van der Waals surface area contributed by atoms with Crippen molar-refractivity contribution in [2.45, 2.75) is 6.92 Å². The van der Waals surface area contributed by atoms with Gasteiger partial charge >= 0.3 is 0 Å². The number of aromatic nitrogens is 3. The molecule has 0 radical (unpaired) electrons. The fourth-order valence-corrected chi connectivity index (χ4v) is 2.68. The quantitative estimate of drug-likeness (QED) is 0.444. The SMILES string of the molecule is Cc1ccnc2c3ccccc3c3nccnc3c12. The van der Waals surface area contributed by atoms with E-state index < -0.39 is 0 Å². The summed E-state index contributed by atoms with van der Waals surface area (Å²) in [6.45, 7) is 2.09. The molecule has 19 heavy (non-hydrogen) atoms. The average molecular weight is 245 g/mol. The molecule has 0 saturated carbocycles. The van der Waals surface area contributed by atoms with Crippen molar-refractivity contribution in [3.8, 4) is 0 Å². The summed E-state index contributed by atoms with van der Waals surface area (Å²) in [5, 5.41) is 3.34. The van der Waals surface area contributed by atoms with Crippen LogP contribution in [0.5, 0.6) is 0 Å². The molecule has 0 amide bonds. The lowest BCUT2D eigenvalue weighted by molar-refractivity contribution is 1.30. The van der Waals surface area contributed by atoms with Gasteiger partial charge in [-0.3, -0.25) is 15.0 Å². The smallest absolute Gasteiger partial charge is 0.0990 e. The van der Waals surface area contributed by atoms with Gasteiger partial charge in [0, 0.05) is 34.7 Å². The molecule has 0 fully saturated rings. The van der Waals surface area contributed by atoms with Gasteiger partial charge in [-0.15, -0.1) is 0 Å². The number of aryl methyl sites for hydroxylation is 1. The van der Waals surface area contributed by atoms with Gasteiger partial charge in [0.25, 0.3) is 0 Å². The second kappa shape index (κ2) is 3.72. The van der Waals surface area contributed by atoms with E-state index in [0.29, 0.717) is 0 Å². The summed E-state index contributed by atoms with van der Waals surface area (Å²) < 4.78 is 0. The summed E-state index contributed by atoms with van der Waals surface area (Å²) in [6, 6.07) is 10.3. The van der Waals surface area contributed by atoms with Crippen LogP contribution in [0.15, 0.2) is 48.9 Å². The van der Waals surface area contributed by atoms with Crippen LogP contribution in [0, 0.1) is 6.92 Å². The molecular formula is C16H11N3. The average Bonchev–Trinajstić information content (AvgIpc) is 2.47. The van der Waals surface area contributed by atoms with Gasteiger partial charge in [-0.25, -0.2) is 0 Å². The summed E-state index contributed by atoms with van der Waals surface area (Å²) in [5.41, 5.74) is 4.06. The Morgan fingerprint density at radius 2 is 1.32 bits per heavy atom. The van der Waals surface area contributed by atoms with Crippen LogP contribution in [0.25, 0.3) is 32.7 Å². The Balaban J connectivity index is 2.48. The molecule has 0 aliphatic carbocycles. The van der Waals surface area contributed by atoms with Gasteiger partial charge in [0.05, 0.1) is 16.6 Å². The number of pyridine rings is 1. The summed E-state index contributed by atoms with van der Waals surface area (Å²) in [6.07, 6.45) is 5.33. The van der Waals surface area contributed by atoms with E-state index in [1.54, 1.807) is 12.4 Å². The van der Waals surface area contributed by atoms with Crippen LogP contribution in [-0.4, -0.2) is 15.0 Å². The van der Waals surface area contributed by atoms with E-state index in [9.17, 15) is 0 Å². The van der Waals surface area contributed by atoms with Crippen molar-refractivity contribution in [2.24, 2.45) is 0 Å². The first-order valence-electron chi connectivity index (χ1n) is 6.23. The van der Waals surface area contributed by atoms with E-state index in [2.05, 4.69) is 34.0 Å². The van der Waals surface area contributed by atoms with E-state index in [-0.39, 0.29) is 0 Å².